The zero-order chi connectivity index (χ0) is 10.3. The third kappa shape index (κ3) is 5.08. The number of carbonyl (C=O) groups is 1. The van der Waals surface area contributed by atoms with Crippen molar-refractivity contribution in [2.75, 3.05) is 0 Å². The van der Waals surface area contributed by atoms with Gasteiger partial charge >= 0.3 is 5.97 Å². The summed E-state index contributed by atoms with van der Waals surface area (Å²) < 4.78 is 0. The van der Waals surface area contributed by atoms with Crippen molar-refractivity contribution in [1.82, 2.24) is 0 Å². The molecule has 0 aliphatic carbocycles. The fourth-order valence-corrected chi connectivity index (χ4v) is 1.00. The molecule has 0 saturated heterocycles. The normalized spacial score (nSPS) is 13.5. The van der Waals surface area contributed by atoms with Crippen LogP contribution in [0.3, 0.4) is 0 Å². The smallest absolute Gasteiger partial charge is 0.307 e. The Hall–Kier alpha value is -1.23. The Morgan fingerprint density at radius 2 is 2.31 bits per heavy atom. The molecule has 1 N–H and O–H groups in total. The van der Waals surface area contributed by atoms with E-state index in [0.717, 1.165) is 6.42 Å². The highest BCUT2D eigenvalue weighted by Crippen LogP contribution is 2.14. The number of rotatable bonds is 5. The summed E-state index contributed by atoms with van der Waals surface area (Å²) in [6.07, 6.45) is 8.85. The van der Waals surface area contributed by atoms with Crippen LogP contribution in [0.15, 0.2) is 11.6 Å². The molecule has 0 fully saturated rings. The van der Waals surface area contributed by atoms with Crippen LogP contribution in [0.5, 0.6) is 0 Å². The maximum atomic E-state index is 10.7. The van der Waals surface area contributed by atoms with Crippen molar-refractivity contribution >= 4 is 5.97 Å². The van der Waals surface area contributed by atoms with Crippen LogP contribution in [0.2, 0.25) is 0 Å². The molecule has 0 aromatic carbocycles. The van der Waals surface area contributed by atoms with Crippen molar-refractivity contribution in [3.05, 3.63) is 11.6 Å². The lowest BCUT2D eigenvalue weighted by Gasteiger charge is -2.08. The Balaban J connectivity index is 3.98. The molecule has 0 saturated carbocycles. The SMILES string of the molecule is C#CCC(CCC(C)=CC)C(=O)O. The second-order valence-corrected chi connectivity index (χ2v) is 3.12. The minimum absolute atomic E-state index is 0.326. The van der Waals surface area contributed by atoms with Gasteiger partial charge in [0.25, 0.3) is 0 Å². The summed E-state index contributed by atoms with van der Waals surface area (Å²) in [6, 6.07) is 0. The zero-order valence-corrected chi connectivity index (χ0v) is 8.21. The quantitative estimate of drug-likeness (QED) is 0.521. The van der Waals surface area contributed by atoms with Gasteiger partial charge in [-0.05, 0) is 26.7 Å². The number of aliphatic carboxylic acids is 1. The van der Waals surface area contributed by atoms with Gasteiger partial charge in [0, 0.05) is 6.42 Å². The topological polar surface area (TPSA) is 37.3 Å². The first-order valence-electron chi connectivity index (χ1n) is 4.39. The number of carboxylic acid groups (broad SMARTS) is 1. The summed E-state index contributed by atoms with van der Waals surface area (Å²) in [5, 5.41) is 8.77. The van der Waals surface area contributed by atoms with E-state index in [-0.39, 0.29) is 5.92 Å². The predicted molar refractivity (Wildman–Crippen MR) is 53.2 cm³/mol. The Morgan fingerprint density at radius 1 is 1.69 bits per heavy atom. The molecule has 0 aromatic heterocycles. The number of terminal acetylenes is 1. The maximum Gasteiger partial charge on any atom is 0.307 e. The second-order valence-electron chi connectivity index (χ2n) is 3.12. The van der Waals surface area contributed by atoms with Gasteiger partial charge in [-0.2, -0.15) is 0 Å². The molecule has 0 bridgehead atoms. The van der Waals surface area contributed by atoms with E-state index in [1.54, 1.807) is 0 Å². The van der Waals surface area contributed by atoms with E-state index >= 15 is 0 Å². The van der Waals surface area contributed by atoms with E-state index in [4.69, 9.17) is 11.5 Å². The van der Waals surface area contributed by atoms with Crippen LogP contribution in [0.4, 0.5) is 0 Å². The highest BCUT2D eigenvalue weighted by Gasteiger charge is 2.15. The molecule has 2 heteroatoms. The Labute approximate surface area is 79.7 Å². The van der Waals surface area contributed by atoms with Gasteiger partial charge in [-0.1, -0.05) is 11.6 Å². The molecule has 0 aliphatic rings. The van der Waals surface area contributed by atoms with Crippen molar-refractivity contribution in [3.8, 4) is 12.3 Å². The summed E-state index contributed by atoms with van der Waals surface area (Å²) in [4.78, 5) is 10.7. The lowest BCUT2D eigenvalue weighted by Crippen LogP contribution is -2.12. The van der Waals surface area contributed by atoms with Crippen LogP contribution in [-0.4, -0.2) is 11.1 Å². The molecule has 0 aromatic rings. The van der Waals surface area contributed by atoms with Crippen LogP contribution in [0.1, 0.15) is 33.1 Å². The van der Waals surface area contributed by atoms with Gasteiger partial charge in [0.1, 0.15) is 0 Å². The highest BCUT2D eigenvalue weighted by atomic mass is 16.4. The van der Waals surface area contributed by atoms with E-state index in [1.807, 2.05) is 19.9 Å². The van der Waals surface area contributed by atoms with Gasteiger partial charge in [0.2, 0.25) is 0 Å². The number of hydrogen-bond donors (Lipinski definition) is 1. The average molecular weight is 180 g/mol. The van der Waals surface area contributed by atoms with Gasteiger partial charge in [-0.3, -0.25) is 4.79 Å². The second kappa shape index (κ2) is 6.30. The van der Waals surface area contributed by atoms with Crippen LogP contribution in [0, 0.1) is 18.3 Å². The Bertz CT molecular complexity index is 233. The minimum Gasteiger partial charge on any atom is -0.481 e. The monoisotopic (exact) mass is 180 g/mol. The maximum absolute atomic E-state index is 10.7. The lowest BCUT2D eigenvalue weighted by atomic mass is 9.97. The Morgan fingerprint density at radius 3 is 2.69 bits per heavy atom. The fraction of sp³-hybridized carbons (Fsp3) is 0.545. The molecule has 1 atom stereocenters. The van der Waals surface area contributed by atoms with E-state index in [2.05, 4.69) is 5.92 Å². The van der Waals surface area contributed by atoms with Gasteiger partial charge in [-0.15, -0.1) is 12.3 Å². The first-order valence-corrected chi connectivity index (χ1v) is 4.39. The van der Waals surface area contributed by atoms with Crippen molar-refractivity contribution in [3.63, 3.8) is 0 Å². The Kier molecular flexibility index (Phi) is 5.71. The third-order valence-electron chi connectivity index (χ3n) is 2.09. The lowest BCUT2D eigenvalue weighted by molar-refractivity contribution is -0.141. The fourth-order valence-electron chi connectivity index (χ4n) is 1.00. The highest BCUT2D eigenvalue weighted by molar-refractivity contribution is 5.70. The molecular formula is C11H16O2. The van der Waals surface area contributed by atoms with Gasteiger partial charge in [-0.25, -0.2) is 0 Å². The average Bonchev–Trinajstić information content (AvgIpc) is 2.11. The molecule has 0 amide bonds. The van der Waals surface area contributed by atoms with Crippen molar-refractivity contribution in [2.24, 2.45) is 5.92 Å². The molecule has 0 radical (unpaired) electrons. The summed E-state index contributed by atoms with van der Waals surface area (Å²) in [5.74, 6) is 1.21. The third-order valence-corrected chi connectivity index (χ3v) is 2.09. The summed E-state index contributed by atoms with van der Waals surface area (Å²) >= 11 is 0. The van der Waals surface area contributed by atoms with Crippen LogP contribution in [0.25, 0.3) is 0 Å². The van der Waals surface area contributed by atoms with Crippen molar-refractivity contribution < 1.29 is 9.90 Å². The summed E-state index contributed by atoms with van der Waals surface area (Å²) in [7, 11) is 0. The largest absolute Gasteiger partial charge is 0.481 e. The molecule has 2 nitrogen and oxygen atoms in total. The first kappa shape index (κ1) is 11.8. The van der Waals surface area contributed by atoms with Crippen LogP contribution < -0.4 is 0 Å². The van der Waals surface area contributed by atoms with E-state index in [1.165, 1.54) is 5.57 Å². The van der Waals surface area contributed by atoms with Gasteiger partial charge in [0.05, 0.1) is 5.92 Å². The molecular weight excluding hydrogens is 164 g/mol. The predicted octanol–water partition coefficient (Wildman–Crippen LogP) is 2.46. The summed E-state index contributed by atoms with van der Waals surface area (Å²) in [6.45, 7) is 3.95. The molecule has 0 rings (SSSR count). The number of carboxylic acids is 1. The van der Waals surface area contributed by atoms with Crippen LogP contribution >= 0.6 is 0 Å². The van der Waals surface area contributed by atoms with Gasteiger partial charge < -0.3 is 5.11 Å². The van der Waals surface area contributed by atoms with Crippen molar-refractivity contribution in [2.45, 2.75) is 33.1 Å². The molecule has 13 heavy (non-hydrogen) atoms. The molecule has 0 aliphatic heterocycles. The first-order chi connectivity index (χ1) is 6.11. The molecule has 72 valence electrons. The number of allylic oxidation sites excluding steroid dienone is 2. The molecule has 0 spiro atoms. The van der Waals surface area contributed by atoms with Gasteiger partial charge in [0.15, 0.2) is 0 Å². The summed E-state index contributed by atoms with van der Waals surface area (Å²) in [5.41, 5.74) is 1.21. The standard InChI is InChI=1S/C11H16O2/c1-4-6-10(11(12)13)8-7-9(3)5-2/h1,5,10H,6-8H2,2-3H3,(H,12,13). The van der Waals surface area contributed by atoms with E-state index in [0.29, 0.717) is 12.8 Å². The molecule has 1 unspecified atom stereocenters. The number of hydrogen-bond acceptors (Lipinski definition) is 1. The minimum atomic E-state index is -0.790. The zero-order valence-electron chi connectivity index (χ0n) is 8.21. The van der Waals surface area contributed by atoms with Crippen molar-refractivity contribution in [1.29, 1.82) is 0 Å². The van der Waals surface area contributed by atoms with E-state index < -0.39 is 5.97 Å². The van der Waals surface area contributed by atoms with Crippen LogP contribution in [-0.2, 0) is 4.79 Å². The van der Waals surface area contributed by atoms with E-state index in [9.17, 15) is 4.79 Å². The molecule has 0 heterocycles.